The van der Waals surface area contributed by atoms with E-state index in [4.69, 9.17) is 5.73 Å². The molecule has 0 radical (unpaired) electrons. The van der Waals surface area contributed by atoms with Crippen LogP contribution in [-0.2, 0) is 9.59 Å². The lowest BCUT2D eigenvalue weighted by Crippen LogP contribution is -2.56. The number of allylic oxidation sites excluding steroid dienone is 2. The lowest BCUT2D eigenvalue weighted by atomic mass is 9.86. The Kier molecular flexibility index (Phi) is 10.5. The Hall–Kier alpha value is -1.38. The van der Waals surface area contributed by atoms with E-state index in [1.165, 1.54) is 4.90 Å². The molecule has 0 aliphatic carbocycles. The highest BCUT2D eigenvalue weighted by Gasteiger charge is 2.43. The molecule has 2 unspecified atom stereocenters. The van der Waals surface area contributed by atoms with Gasteiger partial charge in [0.2, 0.25) is 11.8 Å². The summed E-state index contributed by atoms with van der Waals surface area (Å²) in [6.45, 7) is 11.8. The number of nitrogens with zero attached hydrogens (tertiary/aromatic N) is 2. The number of nitrogens with one attached hydrogen (secondary N) is 1. The average molecular weight is 441 g/mol. The van der Waals surface area contributed by atoms with E-state index in [-0.39, 0.29) is 42.8 Å². The smallest absolute Gasteiger partial charge is 0.243 e. The molecule has 30 heavy (non-hydrogen) atoms. The third kappa shape index (κ3) is 7.39. The van der Waals surface area contributed by atoms with Crippen LogP contribution in [-0.4, -0.2) is 70.4 Å². The number of amides is 2. The van der Waals surface area contributed by atoms with Gasteiger partial charge in [-0.2, -0.15) is 0 Å². The molecule has 1 aliphatic heterocycles. The van der Waals surface area contributed by atoms with Crippen molar-refractivity contribution < 1.29 is 14.7 Å². The minimum Gasteiger partial charge on any atom is -0.391 e. The Morgan fingerprint density at radius 2 is 2.00 bits per heavy atom. The molecule has 1 fully saturated rings. The first-order valence-corrected chi connectivity index (χ1v) is 11.9. The maximum absolute atomic E-state index is 13.1. The number of aliphatic hydroxyl groups is 1. The predicted octanol–water partition coefficient (Wildman–Crippen LogP) is 2.19. The first kappa shape index (κ1) is 26.7. The number of likely N-dealkylation sites (tertiary alicyclic amines) is 1. The van der Waals surface area contributed by atoms with E-state index in [1.54, 1.807) is 11.8 Å². The molecule has 1 rings (SSSR count). The fraction of sp³-hybridized carbons (Fsp3) is 0.773. The molecule has 172 valence electrons. The predicted molar refractivity (Wildman–Crippen MR) is 126 cm³/mol. The van der Waals surface area contributed by atoms with Crippen molar-refractivity contribution in [3.63, 3.8) is 0 Å². The highest BCUT2D eigenvalue weighted by molar-refractivity contribution is 8.11. The van der Waals surface area contributed by atoms with Crippen LogP contribution in [0.25, 0.3) is 0 Å². The Bertz CT molecular complexity index is 632. The fourth-order valence-corrected chi connectivity index (χ4v) is 3.98. The summed E-state index contributed by atoms with van der Waals surface area (Å²) in [5.74, 6) is -0.434. The number of hydrogen-bond donors (Lipinski definition) is 3. The molecular weight excluding hydrogens is 400 g/mol. The maximum atomic E-state index is 13.1. The standard InChI is InChI=1S/C22H40N4O3S/c1-8-9-10-17(14(2)24-13-30-7)15(3)25-20(28)18-11-16(27)12-26(18)21(29)19(23)22(4,5)6/h8-9,13-19,27H,10-12,23H2,1-7H3,(H,25,28)/b9-8-,24-13-/t14?,15?,16-,17-,18+,19-/m1/s1. The molecule has 1 saturated heterocycles. The van der Waals surface area contributed by atoms with E-state index in [9.17, 15) is 14.7 Å². The molecule has 0 aromatic carbocycles. The van der Waals surface area contributed by atoms with Crippen molar-refractivity contribution in [2.75, 3.05) is 12.8 Å². The van der Waals surface area contributed by atoms with Crippen molar-refractivity contribution >= 4 is 29.1 Å². The molecule has 1 heterocycles. The molecular formula is C22H40N4O3S. The van der Waals surface area contributed by atoms with Crippen LogP contribution in [0.2, 0.25) is 0 Å². The minimum absolute atomic E-state index is 0.0326. The van der Waals surface area contributed by atoms with Gasteiger partial charge < -0.3 is 21.1 Å². The largest absolute Gasteiger partial charge is 0.391 e. The van der Waals surface area contributed by atoms with Gasteiger partial charge in [0.25, 0.3) is 0 Å². The van der Waals surface area contributed by atoms with Crippen molar-refractivity contribution in [3.05, 3.63) is 12.2 Å². The van der Waals surface area contributed by atoms with Crippen molar-refractivity contribution in [1.82, 2.24) is 10.2 Å². The molecule has 0 bridgehead atoms. The highest BCUT2D eigenvalue weighted by atomic mass is 32.2. The summed E-state index contributed by atoms with van der Waals surface area (Å²) in [7, 11) is 0. The minimum atomic E-state index is -0.737. The summed E-state index contributed by atoms with van der Waals surface area (Å²) in [5, 5.41) is 13.2. The molecule has 2 amide bonds. The van der Waals surface area contributed by atoms with Gasteiger partial charge in [-0.25, -0.2) is 0 Å². The van der Waals surface area contributed by atoms with Gasteiger partial charge in [0, 0.05) is 24.9 Å². The zero-order valence-electron chi connectivity index (χ0n) is 19.5. The zero-order valence-corrected chi connectivity index (χ0v) is 20.3. The molecule has 8 heteroatoms. The van der Waals surface area contributed by atoms with Gasteiger partial charge in [0.05, 0.1) is 23.7 Å². The second-order valence-electron chi connectivity index (χ2n) is 9.24. The maximum Gasteiger partial charge on any atom is 0.243 e. The Morgan fingerprint density at radius 1 is 1.37 bits per heavy atom. The number of aliphatic imine (C=N–C) groups is 1. The van der Waals surface area contributed by atoms with Gasteiger partial charge >= 0.3 is 0 Å². The summed E-state index contributed by atoms with van der Waals surface area (Å²) in [6.07, 6.45) is 6.32. The fourth-order valence-electron chi connectivity index (χ4n) is 3.66. The second-order valence-corrected chi connectivity index (χ2v) is 9.92. The van der Waals surface area contributed by atoms with Crippen LogP contribution >= 0.6 is 11.8 Å². The number of carbonyl (C=O) groups excluding carboxylic acids is 2. The van der Waals surface area contributed by atoms with Crippen LogP contribution in [0.15, 0.2) is 17.1 Å². The lowest BCUT2D eigenvalue weighted by molar-refractivity contribution is -0.141. The third-order valence-corrected chi connectivity index (χ3v) is 6.07. The topological polar surface area (TPSA) is 108 Å². The molecule has 4 N–H and O–H groups in total. The van der Waals surface area contributed by atoms with Crippen molar-refractivity contribution in [2.24, 2.45) is 22.1 Å². The molecule has 0 aromatic rings. The van der Waals surface area contributed by atoms with Crippen molar-refractivity contribution in [3.8, 4) is 0 Å². The van der Waals surface area contributed by atoms with E-state index in [1.807, 2.05) is 59.4 Å². The van der Waals surface area contributed by atoms with Gasteiger partial charge in [-0.05, 0) is 38.9 Å². The summed E-state index contributed by atoms with van der Waals surface area (Å²) >= 11 is 1.54. The monoisotopic (exact) mass is 440 g/mol. The van der Waals surface area contributed by atoms with Gasteiger partial charge in [-0.15, -0.1) is 11.8 Å². The van der Waals surface area contributed by atoms with Crippen LogP contribution in [0.3, 0.4) is 0 Å². The number of β-amino-alcohol motifs (C(OH)–C–C–N with tert-alkyl or cyclic N) is 1. The van der Waals surface area contributed by atoms with E-state index in [0.29, 0.717) is 0 Å². The highest BCUT2D eigenvalue weighted by Crippen LogP contribution is 2.25. The Labute approximate surface area is 185 Å². The van der Waals surface area contributed by atoms with Crippen LogP contribution in [0.1, 0.15) is 54.4 Å². The van der Waals surface area contributed by atoms with E-state index >= 15 is 0 Å². The summed E-state index contributed by atoms with van der Waals surface area (Å²) in [4.78, 5) is 32.0. The third-order valence-electron chi connectivity index (χ3n) is 5.74. The van der Waals surface area contributed by atoms with Crippen LogP contribution in [0.5, 0.6) is 0 Å². The van der Waals surface area contributed by atoms with Crippen LogP contribution < -0.4 is 11.1 Å². The number of nitrogens with two attached hydrogens (primary N) is 1. The Morgan fingerprint density at radius 3 is 2.53 bits per heavy atom. The zero-order chi connectivity index (χ0) is 23.1. The summed E-state index contributed by atoms with van der Waals surface area (Å²) < 4.78 is 0. The quantitative estimate of drug-likeness (QED) is 0.289. The SMILES string of the molecule is C/C=C\C[C@H](C(C)/N=C\SC)C(C)NC(=O)[C@@H]1C[C@@H](O)CN1C(=O)[C@@H](N)C(C)(C)C. The van der Waals surface area contributed by atoms with Gasteiger partial charge in [0.15, 0.2) is 0 Å². The molecule has 7 nitrogen and oxygen atoms in total. The second kappa shape index (κ2) is 11.9. The van der Waals surface area contributed by atoms with Gasteiger partial charge in [-0.3, -0.25) is 14.6 Å². The normalized spacial score (nSPS) is 24.2. The summed E-state index contributed by atoms with van der Waals surface area (Å²) in [6, 6.07) is -1.56. The Balaban J connectivity index is 2.95. The first-order valence-electron chi connectivity index (χ1n) is 10.6. The number of rotatable bonds is 9. The number of carbonyl (C=O) groups is 2. The van der Waals surface area contributed by atoms with E-state index in [2.05, 4.69) is 16.4 Å². The molecule has 0 spiro atoms. The molecule has 0 aromatic heterocycles. The number of aliphatic hydroxyl groups excluding tert-OH is 1. The number of thioether (sulfide) groups is 1. The summed E-state index contributed by atoms with van der Waals surface area (Å²) in [5.41, 5.74) is 7.54. The van der Waals surface area contributed by atoms with E-state index in [0.717, 1.165) is 6.42 Å². The van der Waals surface area contributed by atoms with Crippen molar-refractivity contribution in [2.45, 2.75) is 84.7 Å². The molecule has 1 aliphatic rings. The average Bonchev–Trinajstić information content (AvgIpc) is 3.06. The van der Waals surface area contributed by atoms with Crippen molar-refractivity contribution in [1.29, 1.82) is 0 Å². The van der Waals surface area contributed by atoms with Gasteiger partial charge in [-0.1, -0.05) is 32.9 Å². The number of hydrogen-bond acceptors (Lipinski definition) is 6. The molecule has 0 saturated carbocycles. The molecule has 6 atom stereocenters. The van der Waals surface area contributed by atoms with Crippen LogP contribution in [0.4, 0.5) is 0 Å². The van der Waals surface area contributed by atoms with Crippen LogP contribution in [0, 0.1) is 11.3 Å². The van der Waals surface area contributed by atoms with E-state index < -0.39 is 23.6 Å². The lowest BCUT2D eigenvalue weighted by Gasteiger charge is -2.34. The van der Waals surface area contributed by atoms with Gasteiger partial charge in [0.1, 0.15) is 6.04 Å². The first-order chi connectivity index (χ1) is 13.9.